The summed E-state index contributed by atoms with van der Waals surface area (Å²) in [4.78, 5) is 12.3. The normalized spacial score (nSPS) is 22.8. The lowest BCUT2D eigenvalue weighted by molar-refractivity contribution is -0.152. The Kier molecular flexibility index (Phi) is 3.76. The smallest absolute Gasteiger partial charge is 0.315 e. The second-order valence-electron chi connectivity index (χ2n) is 5.52. The molecule has 0 radical (unpaired) electrons. The van der Waals surface area contributed by atoms with Gasteiger partial charge < -0.3 is 9.84 Å². The summed E-state index contributed by atoms with van der Waals surface area (Å²) in [5.74, 6) is -0.303. The van der Waals surface area contributed by atoms with Crippen LogP contribution < -0.4 is 0 Å². The average molecular weight is 282 g/mol. The number of carbonyl (C=O) groups is 1. The SMILES string of the molecule is O=C1OCCC1(Cc1ccccc1)C(O)c1ccccc1. The van der Waals surface area contributed by atoms with Crippen molar-refractivity contribution >= 4 is 5.97 Å². The Morgan fingerprint density at radius 1 is 1.05 bits per heavy atom. The number of hydrogen-bond donors (Lipinski definition) is 1. The summed E-state index contributed by atoms with van der Waals surface area (Å²) in [5, 5.41) is 10.8. The predicted octanol–water partition coefficient (Wildman–Crippen LogP) is 2.90. The van der Waals surface area contributed by atoms with E-state index in [1.807, 2.05) is 60.7 Å². The quantitative estimate of drug-likeness (QED) is 0.877. The molecule has 0 amide bonds. The van der Waals surface area contributed by atoms with Crippen molar-refractivity contribution in [1.29, 1.82) is 0 Å². The molecule has 0 bridgehead atoms. The molecule has 1 aliphatic rings. The summed E-state index contributed by atoms with van der Waals surface area (Å²) in [7, 11) is 0. The van der Waals surface area contributed by atoms with E-state index in [2.05, 4.69) is 0 Å². The first-order chi connectivity index (χ1) is 10.2. The zero-order chi connectivity index (χ0) is 14.7. The van der Waals surface area contributed by atoms with E-state index in [-0.39, 0.29) is 5.97 Å². The topological polar surface area (TPSA) is 46.5 Å². The fourth-order valence-electron chi connectivity index (χ4n) is 2.99. The highest BCUT2D eigenvalue weighted by Gasteiger charge is 2.50. The molecular weight excluding hydrogens is 264 g/mol. The van der Waals surface area contributed by atoms with Crippen LogP contribution in [0.5, 0.6) is 0 Å². The maximum Gasteiger partial charge on any atom is 0.315 e. The van der Waals surface area contributed by atoms with E-state index in [1.54, 1.807) is 0 Å². The van der Waals surface area contributed by atoms with E-state index in [9.17, 15) is 9.90 Å². The molecular formula is C18H18O3. The van der Waals surface area contributed by atoms with Gasteiger partial charge in [-0.05, 0) is 17.5 Å². The Bertz CT molecular complexity index is 609. The molecule has 0 aliphatic carbocycles. The molecule has 0 aromatic heterocycles. The number of benzene rings is 2. The Labute approximate surface area is 124 Å². The molecule has 0 saturated carbocycles. The first-order valence-electron chi connectivity index (χ1n) is 7.16. The van der Waals surface area contributed by atoms with Crippen LogP contribution in [0.15, 0.2) is 60.7 Å². The van der Waals surface area contributed by atoms with Gasteiger partial charge in [-0.1, -0.05) is 60.7 Å². The number of ether oxygens (including phenoxy) is 1. The van der Waals surface area contributed by atoms with Gasteiger partial charge in [0.25, 0.3) is 0 Å². The number of hydrogen-bond acceptors (Lipinski definition) is 3. The van der Waals surface area contributed by atoms with Gasteiger partial charge in [-0.3, -0.25) is 4.79 Å². The molecule has 3 nitrogen and oxygen atoms in total. The minimum atomic E-state index is -0.886. The Morgan fingerprint density at radius 3 is 2.24 bits per heavy atom. The van der Waals surface area contributed by atoms with Gasteiger partial charge in [-0.25, -0.2) is 0 Å². The van der Waals surface area contributed by atoms with Crippen LogP contribution in [0.1, 0.15) is 23.7 Å². The molecule has 1 aliphatic heterocycles. The molecule has 2 aromatic carbocycles. The summed E-state index contributed by atoms with van der Waals surface area (Å²) in [6, 6.07) is 19.1. The van der Waals surface area contributed by atoms with Crippen molar-refractivity contribution in [2.75, 3.05) is 6.61 Å². The van der Waals surface area contributed by atoms with E-state index in [0.29, 0.717) is 19.4 Å². The summed E-state index contributed by atoms with van der Waals surface area (Å²) in [5.41, 5.74) is 0.904. The fourth-order valence-corrected chi connectivity index (χ4v) is 2.99. The van der Waals surface area contributed by atoms with E-state index in [1.165, 1.54) is 0 Å². The van der Waals surface area contributed by atoms with E-state index in [0.717, 1.165) is 11.1 Å². The van der Waals surface area contributed by atoms with E-state index >= 15 is 0 Å². The van der Waals surface area contributed by atoms with E-state index < -0.39 is 11.5 Å². The summed E-state index contributed by atoms with van der Waals surface area (Å²) >= 11 is 0. The molecule has 1 heterocycles. The van der Waals surface area contributed by atoms with Gasteiger partial charge in [0, 0.05) is 6.42 Å². The number of cyclic esters (lactones) is 1. The molecule has 1 fully saturated rings. The molecule has 2 aromatic rings. The van der Waals surface area contributed by atoms with Crippen LogP contribution >= 0.6 is 0 Å². The van der Waals surface area contributed by atoms with Crippen molar-refractivity contribution in [2.24, 2.45) is 5.41 Å². The van der Waals surface area contributed by atoms with Crippen LogP contribution in [-0.2, 0) is 16.0 Å². The summed E-state index contributed by atoms with van der Waals surface area (Å²) in [6.07, 6.45) is 0.174. The maximum atomic E-state index is 12.3. The lowest BCUT2D eigenvalue weighted by atomic mass is 9.73. The van der Waals surface area contributed by atoms with Crippen LogP contribution in [0.4, 0.5) is 0 Å². The van der Waals surface area contributed by atoms with Crippen molar-refractivity contribution < 1.29 is 14.6 Å². The van der Waals surface area contributed by atoms with Gasteiger partial charge in [-0.15, -0.1) is 0 Å². The third-order valence-electron chi connectivity index (χ3n) is 4.19. The van der Waals surface area contributed by atoms with Crippen molar-refractivity contribution in [3.05, 3.63) is 71.8 Å². The highest BCUT2D eigenvalue weighted by molar-refractivity contribution is 5.80. The Balaban J connectivity index is 1.96. The third kappa shape index (κ3) is 2.57. The van der Waals surface area contributed by atoms with Gasteiger partial charge in [-0.2, -0.15) is 0 Å². The number of aliphatic hydroxyl groups excluding tert-OH is 1. The van der Waals surface area contributed by atoms with Gasteiger partial charge in [0.15, 0.2) is 0 Å². The predicted molar refractivity (Wildman–Crippen MR) is 79.6 cm³/mol. The van der Waals surface area contributed by atoms with Gasteiger partial charge in [0.1, 0.15) is 5.41 Å². The molecule has 108 valence electrons. The second-order valence-corrected chi connectivity index (χ2v) is 5.52. The Hall–Kier alpha value is -2.13. The lowest BCUT2D eigenvalue weighted by Crippen LogP contribution is -2.36. The van der Waals surface area contributed by atoms with Crippen molar-refractivity contribution in [3.8, 4) is 0 Å². The minimum Gasteiger partial charge on any atom is -0.465 e. The first-order valence-corrected chi connectivity index (χ1v) is 7.16. The minimum absolute atomic E-state index is 0.303. The van der Waals surface area contributed by atoms with Crippen LogP contribution in [0.2, 0.25) is 0 Å². The molecule has 1 saturated heterocycles. The second kappa shape index (κ2) is 5.70. The number of carbonyl (C=O) groups excluding carboxylic acids is 1. The van der Waals surface area contributed by atoms with E-state index in [4.69, 9.17) is 4.74 Å². The van der Waals surface area contributed by atoms with Crippen molar-refractivity contribution in [2.45, 2.75) is 18.9 Å². The molecule has 2 atom stereocenters. The number of esters is 1. The van der Waals surface area contributed by atoms with Crippen LogP contribution in [0.3, 0.4) is 0 Å². The highest BCUT2D eigenvalue weighted by Crippen LogP contribution is 2.44. The van der Waals surface area contributed by atoms with Crippen molar-refractivity contribution in [3.63, 3.8) is 0 Å². The standard InChI is InChI=1S/C18H18O3/c19-16(15-9-5-2-6-10-15)18(11-12-21-17(18)20)13-14-7-3-1-4-8-14/h1-10,16,19H,11-13H2. The van der Waals surface area contributed by atoms with Crippen LogP contribution in [0.25, 0.3) is 0 Å². The monoisotopic (exact) mass is 282 g/mol. The highest BCUT2D eigenvalue weighted by atomic mass is 16.5. The molecule has 3 heteroatoms. The first kappa shape index (κ1) is 13.8. The van der Waals surface area contributed by atoms with Gasteiger partial charge >= 0.3 is 5.97 Å². The maximum absolute atomic E-state index is 12.3. The average Bonchev–Trinajstić information content (AvgIpc) is 2.90. The largest absolute Gasteiger partial charge is 0.465 e. The number of aliphatic hydroxyl groups is 1. The van der Waals surface area contributed by atoms with Gasteiger partial charge in [0.05, 0.1) is 12.7 Å². The summed E-state index contributed by atoms with van der Waals surface area (Å²) < 4.78 is 5.18. The fraction of sp³-hybridized carbons (Fsp3) is 0.278. The molecule has 21 heavy (non-hydrogen) atoms. The number of rotatable bonds is 4. The molecule has 2 unspecified atom stereocenters. The van der Waals surface area contributed by atoms with Crippen LogP contribution in [0, 0.1) is 5.41 Å². The Morgan fingerprint density at radius 2 is 1.67 bits per heavy atom. The zero-order valence-electron chi connectivity index (χ0n) is 11.7. The van der Waals surface area contributed by atoms with Crippen molar-refractivity contribution in [1.82, 2.24) is 0 Å². The zero-order valence-corrected chi connectivity index (χ0v) is 11.7. The lowest BCUT2D eigenvalue weighted by Gasteiger charge is -2.30. The van der Waals surface area contributed by atoms with Crippen LogP contribution in [-0.4, -0.2) is 17.7 Å². The third-order valence-corrected chi connectivity index (χ3v) is 4.19. The molecule has 3 rings (SSSR count). The molecule has 0 spiro atoms. The molecule has 1 N–H and O–H groups in total. The van der Waals surface area contributed by atoms with Gasteiger partial charge in [0.2, 0.25) is 0 Å². The summed E-state index contributed by atoms with van der Waals surface area (Å²) in [6.45, 7) is 0.371.